The summed E-state index contributed by atoms with van der Waals surface area (Å²) in [4.78, 5) is 31.2. The van der Waals surface area contributed by atoms with Gasteiger partial charge >= 0.3 is 0 Å². The number of thioether (sulfide) groups is 1. The lowest BCUT2D eigenvalue weighted by Crippen LogP contribution is -2.46. The molecule has 1 fully saturated rings. The van der Waals surface area contributed by atoms with E-state index in [-0.39, 0.29) is 17.7 Å². The molecule has 4 rings (SSSR count). The number of hydrogen-bond acceptors (Lipinski definition) is 4. The fraction of sp³-hybridized carbons (Fsp3) is 0.450. The molecule has 0 bridgehead atoms. The molecule has 0 spiro atoms. The molecule has 1 atom stereocenters. The highest BCUT2D eigenvalue weighted by Gasteiger charge is 2.30. The second-order valence-corrected chi connectivity index (χ2v) is 8.72. The van der Waals surface area contributed by atoms with Gasteiger partial charge in [-0.15, -0.1) is 0 Å². The average molecular weight is 419 g/mol. The largest absolute Gasteiger partial charge is 0.350 e. The highest BCUT2D eigenvalue weighted by molar-refractivity contribution is 7.99. The monoisotopic (exact) mass is 418 g/mol. The number of benzene rings is 1. The normalized spacial score (nSPS) is 19.0. The Kier molecular flexibility index (Phi) is 5.92. The summed E-state index contributed by atoms with van der Waals surface area (Å²) in [7, 11) is 0. The summed E-state index contributed by atoms with van der Waals surface area (Å²) >= 11 is 7.66. The lowest BCUT2D eigenvalue weighted by molar-refractivity contribution is -0.138. The number of likely N-dealkylation sites (tertiary alicyclic amines) is 1. The lowest BCUT2D eigenvalue weighted by atomic mass is 9.96. The molecule has 28 heavy (non-hydrogen) atoms. The van der Waals surface area contributed by atoms with Crippen LogP contribution in [0, 0.1) is 5.92 Å². The summed E-state index contributed by atoms with van der Waals surface area (Å²) in [6.07, 6.45) is 3.80. The van der Waals surface area contributed by atoms with Gasteiger partial charge in [-0.2, -0.15) is 0 Å². The smallest absolute Gasteiger partial charge is 0.225 e. The van der Waals surface area contributed by atoms with E-state index in [4.69, 9.17) is 11.6 Å². The highest BCUT2D eigenvalue weighted by Crippen LogP contribution is 2.24. The van der Waals surface area contributed by atoms with Crippen molar-refractivity contribution >= 4 is 35.2 Å². The van der Waals surface area contributed by atoms with Gasteiger partial charge in [0.25, 0.3) is 0 Å². The van der Waals surface area contributed by atoms with Crippen LogP contribution in [-0.2, 0) is 29.1 Å². The first-order valence-electron chi connectivity index (χ1n) is 9.57. The first-order valence-corrected chi connectivity index (χ1v) is 10.9. The predicted molar refractivity (Wildman–Crippen MR) is 109 cm³/mol. The van der Waals surface area contributed by atoms with E-state index in [2.05, 4.69) is 14.9 Å². The van der Waals surface area contributed by atoms with Gasteiger partial charge in [-0.05, 0) is 30.5 Å². The molecule has 6 nitrogen and oxygen atoms in total. The number of aryl methyl sites for hydroxylation is 1. The number of fused-ring (bicyclic) bond motifs is 1. The maximum Gasteiger partial charge on any atom is 0.225 e. The minimum Gasteiger partial charge on any atom is -0.350 e. The number of imidazole rings is 1. The Morgan fingerprint density at radius 3 is 2.93 bits per heavy atom. The summed E-state index contributed by atoms with van der Waals surface area (Å²) < 4.78 is 2.13. The summed E-state index contributed by atoms with van der Waals surface area (Å²) in [6, 6.07) is 7.66. The minimum absolute atomic E-state index is 0.00445. The van der Waals surface area contributed by atoms with Crippen LogP contribution in [0.1, 0.15) is 24.1 Å². The van der Waals surface area contributed by atoms with Crippen LogP contribution in [0.2, 0.25) is 5.02 Å². The number of piperidine rings is 1. The SMILES string of the molecule is O=C(NCc1cn2c(n1)SCC2)C1CCC(=O)N(CCc2ccc(Cl)cc2)C1. The molecular formula is C20H23ClN4O2S. The van der Waals surface area contributed by atoms with Crippen LogP contribution in [-0.4, -0.2) is 45.1 Å². The molecule has 3 heterocycles. The minimum atomic E-state index is -0.160. The van der Waals surface area contributed by atoms with Crippen molar-refractivity contribution in [3.05, 3.63) is 46.7 Å². The number of rotatable bonds is 6. The average Bonchev–Trinajstić information content (AvgIpc) is 3.28. The molecule has 2 aliphatic heterocycles. The number of halogens is 1. The molecule has 0 aliphatic carbocycles. The molecular weight excluding hydrogens is 396 g/mol. The first-order chi connectivity index (χ1) is 13.6. The number of carbonyl (C=O) groups is 2. The molecule has 1 N–H and O–H groups in total. The van der Waals surface area contributed by atoms with Gasteiger partial charge in [0, 0.05) is 43.0 Å². The van der Waals surface area contributed by atoms with E-state index >= 15 is 0 Å². The Hall–Kier alpha value is -1.99. The Morgan fingerprint density at radius 1 is 1.32 bits per heavy atom. The van der Waals surface area contributed by atoms with Crippen LogP contribution in [0.3, 0.4) is 0 Å². The number of hydrogen-bond donors (Lipinski definition) is 1. The zero-order chi connectivity index (χ0) is 19.5. The number of carbonyl (C=O) groups excluding carboxylic acids is 2. The second kappa shape index (κ2) is 8.57. The molecule has 1 unspecified atom stereocenters. The second-order valence-electron chi connectivity index (χ2n) is 7.23. The topological polar surface area (TPSA) is 67.2 Å². The maximum atomic E-state index is 12.6. The van der Waals surface area contributed by atoms with Gasteiger partial charge in [-0.3, -0.25) is 9.59 Å². The maximum absolute atomic E-state index is 12.6. The van der Waals surface area contributed by atoms with Gasteiger partial charge in [0.05, 0.1) is 18.2 Å². The van der Waals surface area contributed by atoms with Crippen molar-refractivity contribution in [2.45, 2.75) is 37.5 Å². The predicted octanol–water partition coefficient (Wildman–Crippen LogP) is 2.74. The third kappa shape index (κ3) is 4.52. The van der Waals surface area contributed by atoms with Crippen molar-refractivity contribution in [1.82, 2.24) is 19.8 Å². The highest BCUT2D eigenvalue weighted by atomic mass is 35.5. The number of nitrogens with one attached hydrogen (secondary N) is 1. The first kappa shape index (κ1) is 19.3. The zero-order valence-electron chi connectivity index (χ0n) is 15.6. The van der Waals surface area contributed by atoms with Gasteiger partial charge in [0.2, 0.25) is 11.8 Å². The summed E-state index contributed by atoms with van der Waals surface area (Å²) in [5, 5.41) is 4.73. The standard InChI is InChI=1S/C20H23ClN4O2S/c21-16-4-1-14(2-5-16)7-8-24-12-15(3-6-18(24)26)19(27)22-11-17-13-25-9-10-28-20(25)23-17/h1-2,4-5,13,15H,3,6-12H2,(H,22,27). The van der Waals surface area contributed by atoms with Crippen LogP contribution in [0.25, 0.3) is 0 Å². The fourth-order valence-electron chi connectivity index (χ4n) is 3.63. The molecule has 1 aromatic heterocycles. The van der Waals surface area contributed by atoms with Crippen molar-refractivity contribution in [3.63, 3.8) is 0 Å². The lowest BCUT2D eigenvalue weighted by Gasteiger charge is -2.32. The van der Waals surface area contributed by atoms with E-state index in [9.17, 15) is 9.59 Å². The van der Waals surface area contributed by atoms with Gasteiger partial charge in [-0.25, -0.2) is 4.98 Å². The van der Waals surface area contributed by atoms with E-state index in [0.717, 1.165) is 35.1 Å². The van der Waals surface area contributed by atoms with Crippen LogP contribution in [0.15, 0.2) is 35.6 Å². The third-order valence-electron chi connectivity index (χ3n) is 5.25. The van der Waals surface area contributed by atoms with Crippen molar-refractivity contribution < 1.29 is 9.59 Å². The van der Waals surface area contributed by atoms with E-state index in [1.165, 1.54) is 0 Å². The molecule has 8 heteroatoms. The summed E-state index contributed by atoms with van der Waals surface area (Å²) in [5.74, 6) is 1.04. The third-order valence-corrected chi connectivity index (χ3v) is 6.47. The van der Waals surface area contributed by atoms with E-state index in [0.29, 0.717) is 37.5 Å². The summed E-state index contributed by atoms with van der Waals surface area (Å²) in [6.45, 7) is 2.52. The Morgan fingerprint density at radius 2 is 2.14 bits per heavy atom. The van der Waals surface area contributed by atoms with Gasteiger partial charge < -0.3 is 14.8 Å². The van der Waals surface area contributed by atoms with Crippen LogP contribution in [0.5, 0.6) is 0 Å². The van der Waals surface area contributed by atoms with E-state index < -0.39 is 0 Å². The van der Waals surface area contributed by atoms with Gasteiger partial charge in [0.1, 0.15) is 0 Å². The summed E-state index contributed by atoms with van der Waals surface area (Å²) in [5.41, 5.74) is 2.02. The fourth-order valence-corrected chi connectivity index (χ4v) is 4.72. The van der Waals surface area contributed by atoms with Crippen LogP contribution in [0.4, 0.5) is 0 Å². The molecule has 2 aliphatic rings. The molecule has 1 aromatic carbocycles. The molecule has 1 saturated heterocycles. The quantitative estimate of drug-likeness (QED) is 0.783. The van der Waals surface area contributed by atoms with Crippen molar-refractivity contribution in [3.8, 4) is 0 Å². The molecule has 2 aromatic rings. The number of amides is 2. The van der Waals surface area contributed by atoms with E-state index in [1.807, 2.05) is 35.4 Å². The Bertz CT molecular complexity index is 846. The molecule has 2 amide bonds. The molecule has 0 saturated carbocycles. The Balaban J connectivity index is 1.28. The number of nitrogens with zero attached hydrogens (tertiary/aromatic N) is 3. The molecule has 0 radical (unpaired) electrons. The Labute approximate surface area is 173 Å². The molecule has 148 valence electrons. The van der Waals surface area contributed by atoms with Gasteiger partial charge in [-0.1, -0.05) is 35.5 Å². The van der Waals surface area contributed by atoms with Gasteiger partial charge in [0.15, 0.2) is 5.16 Å². The van der Waals surface area contributed by atoms with E-state index in [1.54, 1.807) is 11.8 Å². The van der Waals surface area contributed by atoms with Crippen molar-refractivity contribution in [2.24, 2.45) is 5.92 Å². The van der Waals surface area contributed by atoms with Crippen LogP contribution < -0.4 is 5.32 Å². The van der Waals surface area contributed by atoms with Crippen molar-refractivity contribution in [1.29, 1.82) is 0 Å². The van der Waals surface area contributed by atoms with Crippen LogP contribution >= 0.6 is 23.4 Å². The number of aromatic nitrogens is 2. The zero-order valence-corrected chi connectivity index (χ0v) is 17.1. The van der Waals surface area contributed by atoms with Crippen molar-refractivity contribution in [2.75, 3.05) is 18.8 Å².